The maximum absolute atomic E-state index is 12.0. The lowest BCUT2D eigenvalue weighted by Crippen LogP contribution is -2.12. The summed E-state index contributed by atoms with van der Waals surface area (Å²) in [5, 5.41) is 0. The van der Waals surface area contributed by atoms with Crippen LogP contribution in [0.2, 0.25) is 0 Å². The van der Waals surface area contributed by atoms with E-state index in [4.69, 9.17) is 0 Å². The summed E-state index contributed by atoms with van der Waals surface area (Å²) in [6.45, 7) is 0. The normalized spacial score (nSPS) is 11.4. The molecule has 0 radical (unpaired) electrons. The number of anilines is 1. The Labute approximate surface area is 119 Å². The molecule has 0 atom stereocenters. The fourth-order valence-corrected chi connectivity index (χ4v) is 4.66. The Balaban J connectivity index is 2.33. The number of nitrogens with one attached hydrogen (secondary N) is 1. The Morgan fingerprint density at radius 2 is 2.00 bits per heavy atom. The Bertz CT molecular complexity index is 640. The molecule has 2 aromatic heterocycles. The maximum atomic E-state index is 12.0. The van der Waals surface area contributed by atoms with E-state index in [-0.39, 0.29) is 4.21 Å². The third-order valence-corrected chi connectivity index (χ3v) is 5.93. The Morgan fingerprint density at radius 1 is 1.24 bits per heavy atom. The molecular formula is C9H6Br2N2O2S2. The first-order chi connectivity index (χ1) is 7.99. The molecule has 90 valence electrons. The second-order valence-corrected chi connectivity index (χ2v) is 8.13. The number of pyridine rings is 1. The third-order valence-electron chi connectivity index (χ3n) is 1.82. The highest BCUT2D eigenvalue weighted by Gasteiger charge is 2.17. The van der Waals surface area contributed by atoms with Gasteiger partial charge >= 0.3 is 0 Å². The van der Waals surface area contributed by atoms with Crippen LogP contribution in [0, 0.1) is 0 Å². The molecule has 4 nitrogen and oxygen atoms in total. The van der Waals surface area contributed by atoms with Gasteiger partial charge in [0.15, 0.2) is 0 Å². The van der Waals surface area contributed by atoms with Gasteiger partial charge in [-0.1, -0.05) is 0 Å². The molecular weight excluding hydrogens is 392 g/mol. The van der Waals surface area contributed by atoms with E-state index < -0.39 is 10.0 Å². The van der Waals surface area contributed by atoms with Gasteiger partial charge < -0.3 is 0 Å². The van der Waals surface area contributed by atoms with Crippen molar-refractivity contribution in [3.05, 3.63) is 38.9 Å². The van der Waals surface area contributed by atoms with Gasteiger partial charge in [0.25, 0.3) is 10.0 Å². The Morgan fingerprint density at radius 3 is 2.59 bits per heavy atom. The number of sulfonamides is 1. The highest BCUT2D eigenvalue weighted by molar-refractivity contribution is 9.11. The van der Waals surface area contributed by atoms with E-state index in [9.17, 15) is 8.42 Å². The molecule has 17 heavy (non-hydrogen) atoms. The van der Waals surface area contributed by atoms with Crippen LogP contribution in [0.3, 0.4) is 0 Å². The number of thiophene rings is 1. The largest absolute Gasteiger partial charge is 0.276 e. The summed E-state index contributed by atoms with van der Waals surface area (Å²) in [6, 6.07) is 6.53. The molecule has 1 N–H and O–H groups in total. The van der Waals surface area contributed by atoms with Crippen molar-refractivity contribution in [2.45, 2.75) is 4.21 Å². The molecule has 8 heteroatoms. The van der Waals surface area contributed by atoms with Gasteiger partial charge in [0.1, 0.15) is 8.81 Å². The Kier molecular flexibility index (Phi) is 3.86. The predicted octanol–water partition coefficient (Wildman–Crippen LogP) is 3.47. The van der Waals surface area contributed by atoms with Gasteiger partial charge in [-0.3, -0.25) is 4.72 Å². The molecule has 0 saturated heterocycles. The number of halogens is 2. The highest BCUT2D eigenvalue weighted by Crippen LogP contribution is 2.28. The molecule has 2 rings (SSSR count). The van der Waals surface area contributed by atoms with Gasteiger partial charge in [-0.15, -0.1) is 11.3 Å². The van der Waals surface area contributed by atoms with Crippen molar-refractivity contribution >= 4 is 58.9 Å². The van der Waals surface area contributed by atoms with Crippen LogP contribution in [-0.4, -0.2) is 13.4 Å². The molecule has 0 fully saturated rings. The molecule has 2 heterocycles. The lowest BCUT2D eigenvalue weighted by atomic mass is 10.4. The summed E-state index contributed by atoms with van der Waals surface area (Å²) < 4.78 is 27.9. The van der Waals surface area contributed by atoms with Crippen LogP contribution in [0.15, 0.2) is 43.1 Å². The van der Waals surface area contributed by atoms with Crippen molar-refractivity contribution in [3.8, 4) is 0 Å². The fraction of sp³-hybridized carbons (Fsp3) is 0. The van der Waals surface area contributed by atoms with Crippen molar-refractivity contribution in [3.63, 3.8) is 0 Å². The van der Waals surface area contributed by atoms with Crippen molar-refractivity contribution in [2.24, 2.45) is 0 Å². The van der Waals surface area contributed by atoms with Crippen molar-refractivity contribution in [1.29, 1.82) is 0 Å². The highest BCUT2D eigenvalue weighted by atomic mass is 79.9. The number of hydrogen-bond donors (Lipinski definition) is 1. The fourth-order valence-electron chi connectivity index (χ4n) is 1.10. The van der Waals surface area contributed by atoms with Crippen LogP contribution in [-0.2, 0) is 10.0 Å². The first-order valence-electron chi connectivity index (χ1n) is 4.38. The first-order valence-corrected chi connectivity index (χ1v) is 8.26. The lowest BCUT2D eigenvalue weighted by Gasteiger charge is -2.06. The zero-order chi connectivity index (χ0) is 12.5. The SMILES string of the molecule is O=S(=O)(Nc1cccnc1Br)c1ccc(Br)s1. The van der Waals surface area contributed by atoms with Crippen molar-refractivity contribution in [1.82, 2.24) is 4.98 Å². The molecule has 2 aromatic rings. The molecule has 0 unspecified atom stereocenters. The molecule has 0 aliphatic heterocycles. The van der Waals surface area contributed by atoms with Crippen LogP contribution >= 0.6 is 43.2 Å². The summed E-state index contributed by atoms with van der Waals surface area (Å²) in [7, 11) is -3.55. The topological polar surface area (TPSA) is 59.1 Å². The van der Waals surface area contributed by atoms with E-state index >= 15 is 0 Å². The van der Waals surface area contributed by atoms with Crippen LogP contribution < -0.4 is 4.72 Å². The third kappa shape index (κ3) is 3.06. The molecule has 0 aromatic carbocycles. The number of hydrogen-bond acceptors (Lipinski definition) is 4. The summed E-state index contributed by atoms with van der Waals surface area (Å²) in [4.78, 5) is 3.95. The van der Waals surface area contributed by atoms with E-state index in [2.05, 4.69) is 41.6 Å². The summed E-state index contributed by atoms with van der Waals surface area (Å²) in [5.41, 5.74) is 0.414. The smallest absolute Gasteiger partial charge is 0.271 e. The predicted molar refractivity (Wildman–Crippen MR) is 74.8 cm³/mol. The second-order valence-electron chi connectivity index (χ2n) is 3.01. The van der Waals surface area contributed by atoms with Gasteiger partial charge in [0.05, 0.1) is 9.47 Å². The molecule has 0 bridgehead atoms. The zero-order valence-electron chi connectivity index (χ0n) is 8.22. The van der Waals surface area contributed by atoms with Crippen molar-refractivity contribution in [2.75, 3.05) is 4.72 Å². The minimum atomic E-state index is -3.55. The van der Waals surface area contributed by atoms with Gasteiger partial charge in [0.2, 0.25) is 0 Å². The van der Waals surface area contributed by atoms with Crippen LogP contribution in [0.1, 0.15) is 0 Å². The van der Waals surface area contributed by atoms with Gasteiger partial charge in [0, 0.05) is 6.20 Å². The molecule has 0 amide bonds. The minimum absolute atomic E-state index is 0.250. The first kappa shape index (κ1) is 13.0. The quantitative estimate of drug-likeness (QED) is 0.806. The van der Waals surface area contributed by atoms with Gasteiger partial charge in [-0.05, 0) is 56.1 Å². The zero-order valence-corrected chi connectivity index (χ0v) is 13.0. The summed E-state index contributed by atoms with van der Waals surface area (Å²) >= 11 is 7.56. The summed E-state index contributed by atoms with van der Waals surface area (Å²) in [5.74, 6) is 0. The van der Waals surface area contributed by atoms with E-state index in [0.717, 1.165) is 15.1 Å². The molecule has 0 aliphatic rings. The number of aromatic nitrogens is 1. The van der Waals surface area contributed by atoms with Crippen LogP contribution in [0.4, 0.5) is 5.69 Å². The number of rotatable bonds is 3. The van der Waals surface area contributed by atoms with Gasteiger partial charge in [-0.25, -0.2) is 13.4 Å². The monoisotopic (exact) mass is 396 g/mol. The standard InChI is InChI=1S/C9H6Br2N2O2S2/c10-7-3-4-8(16-7)17(14,15)13-6-2-1-5-12-9(6)11/h1-5,13H. The second kappa shape index (κ2) is 5.05. The number of nitrogens with zero attached hydrogens (tertiary/aromatic N) is 1. The van der Waals surface area contributed by atoms with Crippen LogP contribution in [0.5, 0.6) is 0 Å². The van der Waals surface area contributed by atoms with E-state index in [1.165, 1.54) is 0 Å². The lowest BCUT2D eigenvalue weighted by molar-refractivity contribution is 0.603. The minimum Gasteiger partial charge on any atom is -0.276 e. The Hall–Kier alpha value is -0.440. The van der Waals surface area contributed by atoms with E-state index in [0.29, 0.717) is 10.3 Å². The molecule has 0 saturated carbocycles. The summed E-state index contributed by atoms with van der Waals surface area (Å²) in [6.07, 6.45) is 1.57. The van der Waals surface area contributed by atoms with Gasteiger partial charge in [-0.2, -0.15) is 0 Å². The average molecular weight is 398 g/mol. The van der Waals surface area contributed by atoms with E-state index in [1.807, 2.05) is 0 Å². The van der Waals surface area contributed by atoms with Crippen LogP contribution in [0.25, 0.3) is 0 Å². The van der Waals surface area contributed by atoms with Crippen molar-refractivity contribution < 1.29 is 8.42 Å². The maximum Gasteiger partial charge on any atom is 0.271 e. The van der Waals surface area contributed by atoms with E-state index in [1.54, 1.807) is 30.5 Å². The molecule has 0 spiro atoms. The average Bonchev–Trinajstić information content (AvgIpc) is 2.69. The molecule has 0 aliphatic carbocycles.